The Hall–Kier alpha value is -0.0300. The fourth-order valence-corrected chi connectivity index (χ4v) is 3.21. The maximum absolute atomic E-state index is 12.4. The van der Waals surface area contributed by atoms with Crippen molar-refractivity contribution in [2.45, 2.75) is 32.2 Å². The first-order valence-corrected chi connectivity index (χ1v) is 7.49. The molecule has 0 aromatic carbocycles. The summed E-state index contributed by atoms with van der Waals surface area (Å²) < 4.78 is 0. The van der Waals surface area contributed by atoms with Crippen molar-refractivity contribution in [3.63, 3.8) is 0 Å². The third-order valence-electron chi connectivity index (χ3n) is 5.13. The summed E-state index contributed by atoms with van der Waals surface area (Å²) in [5, 5.41) is 3.26. The molecule has 0 bridgehead atoms. The number of piperazine rings is 1. The SMILES string of the molecule is CC(C(=O)N1CCN(C2CCC2)CC1)C1CNC1.Cl.Cl. The van der Waals surface area contributed by atoms with Gasteiger partial charge in [0.1, 0.15) is 0 Å². The smallest absolute Gasteiger partial charge is 0.225 e. The monoisotopic (exact) mass is 323 g/mol. The number of carbonyl (C=O) groups excluding carboxylic acids is 1. The summed E-state index contributed by atoms with van der Waals surface area (Å²) in [7, 11) is 0. The van der Waals surface area contributed by atoms with Crippen molar-refractivity contribution in [3.05, 3.63) is 0 Å². The number of hydrogen-bond donors (Lipinski definition) is 1. The topological polar surface area (TPSA) is 35.6 Å². The molecule has 2 heterocycles. The second kappa shape index (κ2) is 7.83. The molecule has 118 valence electrons. The zero-order chi connectivity index (χ0) is 12.5. The van der Waals surface area contributed by atoms with Crippen LogP contribution in [0.5, 0.6) is 0 Å². The van der Waals surface area contributed by atoms with Crippen LogP contribution in [0.1, 0.15) is 26.2 Å². The molecular formula is C14H27Cl2N3O. The average molecular weight is 324 g/mol. The van der Waals surface area contributed by atoms with Crippen LogP contribution < -0.4 is 5.32 Å². The van der Waals surface area contributed by atoms with Crippen LogP contribution >= 0.6 is 24.8 Å². The summed E-state index contributed by atoms with van der Waals surface area (Å²) in [4.78, 5) is 17.1. The molecule has 1 unspecified atom stereocenters. The van der Waals surface area contributed by atoms with Crippen molar-refractivity contribution in [2.75, 3.05) is 39.3 Å². The minimum absolute atomic E-state index is 0. The molecule has 3 fully saturated rings. The number of nitrogens with zero attached hydrogens (tertiary/aromatic N) is 2. The van der Waals surface area contributed by atoms with Gasteiger partial charge in [0.05, 0.1) is 0 Å². The van der Waals surface area contributed by atoms with Crippen LogP contribution in [0.3, 0.4) is 0 Å². The van der Waals surface area contributed by atoms with Gasteiger partial charge in [-0.25, -0.2) is 0 Å². The van der Waals surface area contributed by atoms with Gasteiger partial charge in [0, 0.05) is 38.1 Å². The van der Waals surface area contributed by atoms with Gasteiger partial charge in [0.15, 0.2) is 0 Å². The Morgan fingerprint density at radius 3 is 2.10 bits per heavy atom. The van der Waals surface area contributed by atoms with E-state index in [0.717, 1.165) is 45.3 Å². The van der Waals surface area contributed by atoms with E-state index in [1.807, 2.05) is 0 Å². The molecule has 1 amide bonds. The van der Waals surface area contributed by atoms with Gasteiger partial charge in [-0.15, -0.1) is 24.8 Å². The fourth-order valence-electron chi connectivity index (χ4n) is 3.21. The molecule has 0 radical (unpaired) electrons. The van der Waals surface area contributed by atoms with E-state index in [2.05, 4.69) is 22.0 Å². The fraction of sp³-hybridized carbons (Fsp3) is 0.929. The molecule has 0 aromatic rings. The van der Waals surface area contributed by atoms with E-state index in [0.29, 0.717) is 11.8 Å². The van der Waals surface area contributed by atoms with Crippen molar-refractivity contribution in [1.82, 2.24) is 15.1 Å². The van der Waals surface area contributed by atoms with Crippen molar-refractivity contribution >= 4 is 30.7 Å². The molecule has 0 spiro atoms. The molecule has 1 saturated carbocycles. The van der Waals surface area contributed by atoms with E-state index in [-0.39, 0.29) is 30.7 Å². The van der Waals surface area contributed by atoms with Crippen LogP contribution in [0, 0.1) is 11.8 Å². The normalized spacial score (nSPS) is 25.8. The number of carbonyl (C=O) groups is 1. The minimum atomic E-state index is 0. The van der Waals surface area contributed by atoms with E-state index >= 15 is 0 Å². The van der Waals surface area contributed by atoms with E-state index in [4.69, 9.17) is 0 Å². The molecular weight excluding hydrogens is 297 g/mol. The molecule has 1 N–H and O–H groups in total. The number of amides is 1. The van der Waals surface area contributed by atoms with E-state index in [9.17, 15) is 4.79 Å². The lowest BCUT2D eigenvalue weighted by Gasteiger charge is -2.44. The van der Waals surface area contributed by atoms with Crippen LogP contribution in [0.25, 0.3) is 0 Å². The lowest BCUT2D eigenvalue weighted by atomic mass is 9.87. The minimum Gasteiger partial charge on any atom is -0.340 e. The summed E-state index contributed by atoms with van der Waals surface area (Å²) in [6.07, 6.45) is 4.14. The zero-order valence-corrected chi connectivity index (χ0v) is 13.8. The lowest BCUT2D eigenvalue weighted by Crippen LogP contribution is -2.56. The summed E-state index contributed by atoms with van der Waals surface area (Å²) in [5.74, 6) is 1.17. The highest BCUT2D eigenvalue weighted by atomic mass is 35.5. The van der Waals surface area contributed by atoms with Crippen molar-refractivity contribution in [2.24, 2.45) is 11.8 Å². The van der Waals surface area contributed by atoms with E-state index < -0.39 is 0 Å². The first-order valence-electron chi connectivity index (χ1n) is 7.49. The lowest BCUT2D eigenvalue weighted by molar-refractivity contribution is -0.139. The zero-order valence-electron chi connectivity index (χ0n) is 12.2. The average Bonchev–Trinajstić information content (AvgIpc) is 2.24. The Morgan fingerprint density at radius 2 is 1.70 bits per heavy atom. The predicted molar refractivity (Wildman–Crippen MR) is 85.8 cm³/mol. The summed E-state index contributed by atoms with van der Waals surface area (Å²) >= 11 is 0. The molecule has 2 saturated heterocycles. The largest absolute Gasteiger partial charge is 0.340 e. The molecule has 2 aliphatic heterocycles. The third-order valence-corrected chi connectivity index (χ3v) is 5.13. The van der Waals surface area contributed by atoms with E-state index in [1.54, 1.807) is 0 Å². The van der Waals surface area contributed by atoms with Gasteiger partial charge in [-0.1, -0.05) is 13.3 Å². The van der Waals surface area contributed by atoms with Gasteiger partial charge in [0.25, 0.3) is 0 Å². The molecule has 1 aliphatic carbocycles. The van der Waals surface area contributed by atoms with Gasteiger partial charge in [-0.2, -0.15) is 0 Å². The molecule has 1 atom stereocenters. The van der Waals surface area contributed by atoms with E-state index in [1.165, 1.54) is 19.3 Å². The highest BCUT2D eigenvalue weighted by Gasteiger charge is 2.34. The molecule has 4 nitrogen and oxygen atoms in total. The quantitative estimate of drug-likeness (QED) is 0.852. The van der Waals surface area contributed by atoms with Gasteiger partial charge >= 0.3 is 0 Å². The molecule has 3 aliphatic rings. The van der Waals surface area contributed by atoms with Crippen LogP contribution in [-0.2, 0) is 4.79 Å². The molecule has 6 heteroatoms. The summed E-state index contributed by atoms with van der Waals surface area (Å²) in [5.41, 5.74) is 0. The summed E-state index contributed by atoms with van der Waals surface area (Å²) in [6, 6.07) is 0.829. The molecule has 0 aromatic heterocycles. The van der Waals surface area contributed by atoms with Crippen molar-refractivity contribution in [3.8, 4) is 0 Å². The second-order valence-electron chi connectivity index (χ2n) is 6.15. The number of rotatable bonds is 3. The Kier molecular flexibility index (Phi) is 7.06. The third kappa shape index (κ3) is 3.59. The first kappa shape index (κ1) is 18.0. The number of hydrogen-bond acceptors (Lipinski definition) is 3. The van der Waals surface area contributed by atoms with Gasteiger partial charge in [-0.05, 0) is 31.8 Å². The Morgan fingerprint density at radius 1 is 1.10 bits per heavy atom. The van der Waals surface area contributed by atoms with Crippen LogP contribution in [0.2, 0.25) is 0 Å². The van der Waals surface area contributed by atoms with Gasteiger partial charge in [0.2, 0.25) is 5.91 Å². The standard InChI is InChI=1S/C14H25N3O.2ClH/c1-11(12-9-15-10-12)14(18)17-7-5-16(6-8-17)13-3-2-4-13;;/h11-13,15H,2-10H2,1H3;2*1H. The van der Waals surface area contributed by atoms with Crippen molar-refractivity contribution in [1.29, 1.82) is 0 Å². The maximum atomic E-state index is 12.4. The Bertz CT molecular complexity index is 314. The van der Waals surface area contributed by atoms with Crippen molar-refractivity contribution < 1.29 is 4.79 Å². The highest BCUT2D eigenvalue weighted by Crippen LogP contribution is 2.26. The predicted octanol–water partition coefficient (Wildman–Crippen LogP) is 1.38. The van der Waals surface area contributed by atoms with Gasteiger partial charge < -0.3 is 10.2 Å². The number of halogens is 2. The molecule has 3 rings (SSSR count). The number of nitrogens with one attached hydrogen (secondary N) is 1. The van der Waals surface area contributed by atoms with Crippen LogP contribution in [0.15, 0.2) is 0 Å². The summed E-state index contributed by atoms with van der Waals surface area (Å²) in [6.45, 7) is 8.22. The first-order chi connectivity index (χ1) is 8.75. The Labute approximate surface area is 134 Å². The highest BCUT2D eigenvalue weighted by molar-refractivity contribution is 5.85. The van der Waals surface area contributed by atoms with Gasteiger partial charge in [-0.3, -0.25) is 9.69 Å². The second-order valence-corrected chi connectivity index (χ2v) is 6.15. The molecule has 20 heavy (non-hydrogen) atoms. The maximum Gasteiger partial charge on any atom is 0.225 e. The van der Waals surface area contributed by atoms with Crippen LogP contribution in [-0.4, -0.2) is 61.0 Å². The Balaban J connectivity index is 0.000001000. The van der Waals surface area contributed by atoms with Crippen LogP contribution in [0.4, 0.5) is 0 Å².